The van der Waals surface area contributed by atoms with Gasteiger partial charge in [-0.2, -0.15) is 0 Å². The van der Waals surface area contributed by atoms with E-state index in [0.717, 1.165) is 23.4 Å². The van der Waals surface area contributed by atoms with Gasteiger partial charge in [-0.15, -0.1) is 0 Å². The molecule has 0 unspecified atom stereocenters. The van der Waals surface area contributed by atoms with Gasteiger partial charge in [0.15, 0.2) is 6.29 Å². The van der Waals surface area contributed by atoms with E-state index in [2.05, 4.69) is 10.3 Å². The fourth-order valence-electron chi connectivity index (χ4n) is 1.29. The van der Waals surface area contributed by atoms with Crippen LogP contribution < -0.4 is 15.9 Å². The van der Waals surface area contributed by atoms with Gasteiger partial charge in [-0.25, -0.2) is 0 Å². The zero-order chi connectivity index (χ0) is 8.55. The lowest BCUT2D eigenvalue weighted by molar-refractivity contribution is 0.112. The highest BCUT2D eigenvalue weighted by Crippen LogP contribution is 2.03. The summed E-state index contributed by atoms with van der Waals surface area (Å²) in [6.07, 6.45) is 4.52. The second kappa shape index (κ2) is 2.68. The summed E-state index contributed by atoms with van der Waals surface area (Å²) < 4.78 is 0. The molecule has 0 saturated heterocycles. The van der Waals surface area contributed by atoms with Crippen LogP contribution in [0.25, 0.3) is 12.3 Å². The molecule has 0 fully saturated rings. The fraction of sp³-hybridized carbons (Fsp3) is 0.125. The highest BCUT2D eigenvalue weighted by atomic mass is 35.5. The van der Waals surface area contributed by atoms with Crippen molar-refractivity contribution in [1.82, 2.24) is 10.3 Å². The summed E-state index contributed by atoms with van der Waals surface area (Å²) >= 11 is 5.78. The smallest absolute Gasteiger partial charge is 0.153 e. The predicted octanol–water partition coefficient (Wildman–Crippen LogP) is -0.398. The van der Waals surface area contributed by atoms with E-state index in [1.54, 1.807) is 0 Å². The first-order chi connectivity index (χ1) is 5.83. The average molecular weight is 183 g/mol. The quantitative estimate of drug-likeness (QED) is 0.581. The maximum Gasteiger partial charge on any atom is 0.153 e. The van der Waals surface area contributed by atoms with E-state index >= 15 is 0 Å². The van der Waals surface area contributed by atoms with Crippen molar-refractivity contribution in [1.29, 1.82) is 0 Å². The van der Waals surface area contributed by atoms with Crippen molar-refractivity contribution < 1.29 is 4.79 Å². The van der Waals surface area contributed by atoms with Crippen molar-refractivity contribution in [2.75, 3.05) is 6.54 Å². The molecule has 1 aromatic rings. The first-order valence-corrected chi connectivity index (χ1v) is 3.97. The molecular formula is C8H7ClN2O. The molecule has 0 spiro atoms. The van der Waals surface area contributed by atoms with Gasteiger partial charge in [0.1, 0.15) is 5.15 Å². The van der Waals surface area contributed by atoms with Gasteiger partial charge in [0.25, 0.3) is 0 Å². The summed E-state index contributed by atoms with van der Waals surface area (Å²) in [5.74, 6) is 0. The number of halogens is 1. The third-order valence-electron chi connectivity index (χ3n) is 1.85. The van der Waals surface area contributed by atoms with Crippen LogP contribution in [-0.4, -0.2) is 17.8 Å². The first-order valence-electron chi connectivity index (χ1n) is 3.59. The highest BCUT2D eigenvalue weighted by Gasteiger charge is 2.06. The minimum atomic E-state index is 0.409. The Morgan fingerprint density at radius 1 is 1.58 bits per heavy atom. The molecule has 12 heavy (non-hydrogen) atoms. The van der Waals surface area contributed by atoms with Gasteiger partial charge < -0.3 is 10.3 Å². The number of aromatic nitrogens is 1. The third-order valence-corrected chi connectivity index (χ3v) is 2.15. The molecule has 0 amide bonds. The Morgan fingerprint density at radius 3 is 3.17 bits per heavy atom. The monoisotopic (exact) mass is 182 g/mol. The number of aromatic amines is 1. The molecule has 1 aliphatic rings. The number of fused-ring (bicyclic) bond motifs is 1. The van der Waals surface area contributed by atoms with E-state index in [1.165, 1.54) is 0 Å². The van der Waals surface area contributed by atoms with Crippen LogP contribution in [0.4, 0.5) is 0 Å². The molecule has 0 bridgehead atoms. The van der Waals surface area contributed by atoms with Crippen LogP contribution in [0.1, 0.15) is 10.4 Å². The zero-order valence-corrected chi connectivity index (χ0v) is 6.98. The van der Waals surface area contributed by atoms with Gasteiger partial charge in [-0.05, 0) is 0 Å². The molecule has 3 nitrogen and oxygen atoms in total. The van der Waals surface area contributed by atoms with E-state index in [9.17, 15) is 4.79 Å². The number of hydrogen-bond acceptors (Lipinski definition) is 2. The molecule has 62 valence electrons. The Labute approximate surface area is 73.7 Å². The molecular weight excluding hydrogens is 176 g/mol. The van der Waals surface area contributed by atoms with E-state index < -0.39 is 0 Å². The largest absolute Gasteiger partial charge is 0.386 e. The first kappa shape index (κ1) is 7.43. The maximum absolute atomic E-state index is 10.6. The maximum atomic E-state index is 10.6. The predicted molar refractivity (Wildman–Crippen MR) is 47.4 cm³/mol. The summed E-state index contributed by atoms with van der Waals surface area (Å²) in [5.41, 5.74) is 0.546. The number of carbonyl (C=O) groups is 1. The van der Waals surface area contributed by atoms with E-state index in [0.29, 0.717) is 10.7 Å². The fourth-order valence-corrected chi connectivity index (χ4v) is 1.54. The molecule has 0 radical (unpaired) electrons. The molecule has 2 heterocycles. The van der Waals surface area contributed by atoms with E-state index in [-0.39, 0.29) is 0 Å². The summed E-state index contributed by atoms with van der Waals surface area (Å²) in [6, 6.07) is 0. The molecule has 0 saturated carbocycles. The molecule has 2 rings (SSSR count). The van der Waals surface area contributed by atoms with E-state index in [4.69, 9.17) is 11.6 Å². The van der Waals surface area contributed by atoms with Crippen molar-refractivity contribution in [3.63, 3.8) is 0 Å². The second-order valence-electron chi connectivity index (χ2n) is 2.55. The topological polar surface area (TPSA) is 44.9 Å². The van der Waals surface area contributed by atoms with Crippen molar-refractivity contribution in [2.45, 2.75) is 0 Å². The second-order valence-corrected chi connectivity index (χ2v) is 2.93. The number of aldehydes is 1. The normalized spacial score (nSPS) is 13.8. The summed E-state index contributed by atoms with van der Waals surface area (Å²) in [4.78, 5) is 13.5. The van der Waals surface area contributed by atoms with Gasteiger partial charge in [-0.1, -0.05) is 17.7 Å². The van der Waals surface area contributed by atoms with Crippen molar-refractivity contribution in [3.05, 3.63) is 21.3 Å². The minimum Gasteiger partial charge on any atom is -0.386 e. The van der Waals surface area contributed by atoms with Gasteiger partial charge in [0, 0.05) is 18.0 Å². The van der Waals surface area contributed by atoms with Crippen LogP contribution in [0, 0.1) is 0 Å². The Morgan fingerprint density at radius 2 is 2.42 bits per heavy atom. The molecule has 4 heteroatoms. The van der Waals surface area contributed by atoms with Crippen molar-refractivity contribution in [2.24, 2.45) is 0 Å². The average Bonchev–Trinajstić information content (AvgIpc) is 2.40. The molecule has 2 N–H and O–H groups in total. The lowest BCUT2D eigenvalue weighted by atomic mass is 10.2. The minimum absolute atomic E-state index is 0.409. The Hall–Kier alpha value is -1.22. The number of carbonyl (C=O) groups excluding carboxylic acids is 1. The molecule has 0 atom stereocenters. The highest BCUT2D eigenvalue weighted by molar-refractivity contribution is 6.31. The SMILES string of the molecule is O=Cc1c(Cl)[nH]c2c1=CCNC=2. The number of H-pyrrole nitrogens is 1. The lowest BCUT2D eigenvalue weighted by Gasteiger charge is -1.97. The molecule has 1 aliphatic heterocycles. The molecule has 1 aromatic heterocycles. The van der Waals surface area contributed by atoms with Gasteiger partial charge in [0.2, 0.25) is 0 Å². The lowest BCUT2D eigenvalue weighted by Crippen LogP contribution is -2.33. The van der Waals surface area contributed by atoms with E-state index in [1.807, 2.05) is 12.3 Å². The molecule has 0 aliphatic carbocycles. The standard InChI is InChI=1S/C8H7ClN2O/c9-8-6(4-12)5-1-2-10-3-7(5)11-8/h1,3-4,10-11H,2H2. The van der Waals surface area contributed by atoms with Gasteiger partial charge in [0.05, 0.1) is 10.9 Å². The zero-order valence-electron chi connectivity index (χ0n) is 6.23. The summed E-state index contributed by atoms with van der Waals surface area (Å²) in [5, 5.41) is 5.19. The third kappa shape index (κ3) is 0.940. The van der Waals surface area contributed by atoms with Crippen LogP contribution in [0.2, 0.25) is 5.15 Å². The Bertz CT molecular complexity index is 433. The van der Waals surface area contributed by atoms with Crippen LogP contribution in [-0.2, 0) is 0 Å². The Balaban J connectivity index is 2.88. The molecule has 0 aromatic carbocycles. The number of rotatable bonds is 1. The van der Waals surface area contributed by atoms with Gasteiger partial charge in [-0.3, -0.25) is 4.79 Å². The summed E-state index contributed by atoms with van der Waals surface area (Å²) in [6.45, 7) is 0.738. The van der Waals surface area contributed by atoms with Crippen LogP contribution in [0.15, 0.2) is 0 Å². The van der Waals surface area contributed by atoms with Crippen molar-refractivity contribution in [3.8, 4) is 0 Å². The number of nitrogens with one attached hydrogen (secondary N) is 2. The Kier molecular flexibility index (Phi) is 1.66. The van der Waals surface area contributed by atoms with Crippen LogP contribution >= 0.6 is 11.6 Å². The van der Waals surface area contributed by atoms with Crippen LogP contribution in [0.3, 0.4) is 0 Å². The van der Waals surface area contributed by atoms with Gasteiger partial charge >= 0.3 is 0 Å². The summed E-state index contributed by atoms with van der Waals surface area (Å²) in [7, 11) is 0. The van der Waals surface area contributed by atoms with Crippen LogP contribution in [0.5, 0.6) is 0 Å². The van der Waals surface area contributed by atoms with Crippen molar-refractivity contribution >= 4 is 30.2 Å². The number of hydrogen-bond donors (Lipinski definition) is 2.